The topological polar surface area (TPSA) is 76.7 Å². The van der Waals surface area contributed by atoms with Gasteiger partial charge in [0.15, 0.2) is 6.61 Å². The van der Waals surface area contributed by atoms with Gasteiger partial charge in [-0.1, -0.05) is 48.5 Å². The first-order valence-electron chi connectivity index (χ1n) is 10.0. The van der Waals surface area contributed by atoms with Crippen molar-refractivity contribution in [3.05, 3.63) is 90.0 Å². The van der Waals surface area contributed by atoms with Crippen LogP contribution in [0.5, 0.6) is 5.75 Å². The molecule has 2 N–H and O–H groups in total. The molecule has 0 atom stereocenters. The molecule has 0 radical (unpaired) electrons. The lowest BCUT2D eigenvalue weighted by molar-refractivity contribution is -0.145. The number of anilines is 2. The van der Waals surface area contributed by atoms with Crippen LogP contribution in [0.25, 0.3) is 11.3 Å². The maximum absolute atomic E-state index is 12.8. The smallest absolute Gasteiger partial charge is 0.344 e. The van der Waals surface area contributed by atoms with E-state index in [9.17, 15) is 9.59 Å². The zero-order valence-electron chi connectivity index (χ0n) is 17.1. The summed E-state index contributed by atoms with van der Waals surface area (Å²) < 4.78 is 10.3. The summed E-state index contributed by atoms with van der Waals surface area (Å²) >= 11 is 0. The Morgan fingerprint density at radius 1 is 0.935 bits per heavy atom. The van der Waals surface area contributed by atoms with Gasteiger partial charge in [-0.05, 0) is 42.8 Å². The Labute approximate surface area is 180 Å². The maximum atomic E-state index is 12.8. The summed E-state index contributed by atoms with van der Waals surface area (Å²) in [5, 5.41) is 6.32. The molecule has 3 aromatic rings. The van der Waals surface area contributed by atoms with Gasteiger partial charge < -0.3 is 20.1 Å². The third-order valence-corrected chi connectivity index (χ3v) is 4.77. The van der Waals surface area contributed by atoms with Crippen LogP contribution in [-0.4, -0.2) is 25.1 Å². The summed E-state index contributed by atoms with van der Waals surface area (Å²) in [5.74, 6) is -0.00914. The second-order valence-electron chi connectivity index (χ2n) is 6.86. The zero-order valence-corrected chi connectivity index (χ0v) is 17.1. The molecule has 156 valence electrons. The lowest BCUT2D eigenvalue weighted by atomic mass is 10.00. The highest BCUT2D eigenvalue weighted by Crippen LogP contribution is 2.37. The molecule has 0 saturated carbocycles. The van der Waals surface area contributed by atoms with Gasteiger partial charge in [-0.2, -0.15) is 0 Å². The van der Waals surface area contributed by atoms with E-state index in [1.165, 1.54) is 0 Å². The standard InChI is InChI=1S/C25H22N2O4/c1-2-30-22(28)16-31-19-14-12-18(13-15-19)26-24(17-8-4-3-5-9-17)23-20-10-6-7-11-21(20)27-25(23)29/h3-15,26H,2,16H2,1H3,(H,27,29). The van der Waals surface area contributed by atoms with Gasteiger partial charge in [0.2, 0.25) is 0 Å². The van der Waals surface area contributed by atoms with Crippen molar-refractivity contribution in [1.29, 1.82) is 0 Å². The number of ether oxygens (including phenoxy) is 2. The summed E-state index contributed by atoms with van der Waals surface area (Å²) in [5.41, 5.74) is 4.63. The van der Waals surface area contributed by atoms with E-state index >= 15 is 0 Å². The van der Waals surface area contributed by atoms with E-state index < -0.39 is 5.97 Å². The van der Waals surface area contributed by atoms with E-state index in [1.54, 1.807) is 19.1 Å². The first-order valence-corrected chi connectivity index (χ1v) is 10.0. The van der Waals surface area contributed by atoms with Crippen molar-refractivity contribution in [2.45, 2.75) is 6.92 Å². The Bertz CT molecular complexity index is 1120. The minimum atomic E-state index is -0.410. The fourth-order valence-corrected chi connectivity index (χ4v) is 3.37. The largest absolute Gasteiger partial charge is 0.482 e. The molecule has 1 aliphatic rings. The minimum Gasteiger partial charge on any atom is -0.482 e. The first kappa shape index (κ1) is 20.2. The van der Waals surface area contributed by atoms with Crippen molar-refractivity contribution in [3.63, 3.8) is 0 Å². The van der Waals surface area contributed by atoms with Gasteiger partial charge >= 0.3 is 5.97 Å². The Morgan fingerprint density at radius 3 is 2.39 bits per heavy atom. The van der Waals surface area contributed by atoms with E-state index in [1.807, 2.05) is 66.7 Å². The van der Waals surface area contributed by atoms with E-state index in [2.05, 4.69) is 10.6 Å². The normalized spacial score (nSPS) is 13.8. The van der Waals surface area contributed by atoms with Crippen LogP contribution < -0.4 is 15.4 Å². The monoisotopic (exact) mass is 414 g/mol. The quantitative estimate of drug-likeness (QED) is 0.438. The zero-order chi connectivity index (χ0) is 21.6. The van der Waals surface area contributed by atoms with Crippen LogP contribution in [0.4, 0.5) is 11.4 Å². The van der Waals surface area contributed by atoms with Crippen molar-refractivity contribution in [3.8, 4) is 5.75 Å². The number of carbonyl (C=O) groups is 2. The molecule has 31 heavy (non-hydrogen) atoms. The van der Waals surface area contributed by atoms with E-state index in [0.717, 1.165) is 22.5 Å². The summed E-state index contributed by atoms with van der Waals surface area (Å²) in [6.07, 6.45) is 0. The summed E-state index contributed by atoms with van der Waals surface area (Å²) in [7, 11) is 0. The molecule has 3 aromatic carbocycles. The number of amides is 1. The molecule has 0 saturated heterocycles. The minimum absolute atomic E-state index is 0.142. The third-order valence-electron chi connectivity index (χ3n) is 4.77. The van der Waals surface area contributed by atoms with Crippen molar-refractivity contribution < 1.29 is 19.1 Å². The fraction of sp³-hybridized carbons (Fsp3) is 0.120. The van der Waals surface area contributed by atoms with Gasteiger partial charge in [-0.3, -0.25) is 4.79 Å². The van der Waals surface area contributed by atoms with Gasteiger partial charge in [-0.15, -0.1) is 0 Å². The highest BCUT2D eigenvalue weighted by Gasteiger charge is 2.28. The summed E-state index contributed by atoms with van der Waals surface area (Å²) in [4.78, 5) is 24.3. The molecule has 4 rings (SSSR count). The number of nitrogens with one attached hydrogen (secondary N) is 2. The fourth-order valence-electron chi connectivity index (χ4n) is 3.37. The van der Waals surface area contributed by atoms with Crippen LogP contribution in [0.15, 0.2) is 78.9 Å². The van der Waals surface area contributed by atoms with Crippen molar-refractivity contribution in [1.82, 2.24) is 0 Å². The average Bonchev–Trinajstić information content (AvgIpc) is 3.13. The van der Waals surface area contributed by atoms with Crippen LogP contribution in [0.3, 0.4) is 0 Å². The number of carbonyl (C=O) groups excluding carboxylic acids is 2. The van der Waals surface area contributed by atoms with Crippen LogP contribution in [0, 0.1) is 0 Å². The first-order chi connectivity index (χ1) is 15.2. The molecule has 1 heterocycles. The summed E-state index contributed by atoms with van der Waals surface area (Å²) in [6.45, 7) is 1.93. The average molecular weight is 414 g/mol. The molecule has 0 spiro atoms. The predicted molar refractivity (Wildman–Crippen MR) is 121 cm³/mol. The van der Waals surface area contributed by atoms with E-state index in [-0.39, 0.29) is 12.5 Å². The van der Waals surface area contributed by atoms with Gasteiger partial charge in [-0.25, -0.2) is 4.79 Å². The van der Waals surface area contributed by atoms with Crippen molar-refractivity contribution in [2.24, 2.45) is 0 Å². The SMILES string of the molecule is CCOC(=O)COc1ccc(NC(=C2C(=O)Nc3ccccc32)c2ccccc2)cc1. The number of benzene rings is 3. The van der Waals surface area contributed by atoms with E-state index in [0.29, 0.717) is 23.6 Å². The Balaban J connectivity index is 1.63. The molecule has 1 amide bonds. The van der Waals surface area contributed by atoms with Gasteiger partial charge in [0, 0.05) is 16.9 Å². The van der Waals surface area contributed by atoms with Crippen LogP contribution in [0.2, 0.25) is 0 Å². The number of fused-ring (bicyclic) bond motifs is 1. The van der Waals surface area contributed by atoms with Gasteiger partial charge in [0.25, 0.3) is 5.91 Å². The van der Waals surface area contributed by atoms with Crippen molar-refractivity contribution in [2.75, 3.05) is 23.8 Å². The Kier molecular flexibility index (Phi) is 5.98. The second-order valence-corrected chi connectivity index (χ2v) is 6.86. The summed E-state index contributed by atoms with van der Waals surface area (Å²) in [6, 6.07) is 24.5. The molecule has 0 fully saturated rings. The lowest BCUT2D eigenvalue weighted by Gasteiger charge is -2.15. The predicted octanol–water partition coefficient (Wildman–Crippen LogP) is 4.56. The Morgan fingerprint density at radius 2 is 1.65 bits per heavy atom. The number of para-hydroxylation sites is 1. The second kappa shape index (κ2) is 9.17. The van der Waals surface area contributed by atoms with Gasteiger partial charge in [0.1, 0.15) is 5.75 Å². The number of rotatable bonds is 7. The van der Waals surface area contributed by atoms with Crippen molar-refractivity contribution >= 4 is 34.5 Å². The molecular formula is C25H22N2O4. The number of esters is 1. The lowest BCUT2D eigenvalue weighted by Crippen LogP contribution is -2.14. The van der Waals surface area contributed by atoms with E-state index in [4.69, 9.17) is 9.47 Å². The molecule has 1 aliphatic heterocycles. The highest BCUT2D eigenvalue weighted by molar-refractivity contribution is 6.37. The molecule has 0 unspecified atom stereocenters. The number of hydrogen-bond acceptors (Lipinski definition) is 5. The van der Waals surface area contributed by atoms with Crippen LogP contribution in [-0.2, 0) is 14.3 Å². The van der Waals surface area contributed by atoms with Crippen LogP contribution >= 0.6 is 0 Å². The molecule has 0 aromatic heterocycles. The highest BCUT2D eigenvalue weighted by atomic mass is 16.6. The molecule has 0 bridgehead atoms. The maximum Gasteiger partial charge on any atom is 0.344 e. The molecule has 6 heteroatoms. The van der Waals surface area contributed by atoms with Gasteiger partial charge in [0.05, 0.1) is 17.9 Å². The molecular weight excluding hydrogens is 392 g/mol. The molecule has 0 aliphatic carbocycles. The number of hydrogen-bond donors (Lipinski definition) is 2. The van der Waals surface area contributed by atoms with Crippen LogP contribution in [0.1, 0.15) is 18.1 Å². The third kappa shape index (κ3) is 4.59. The Hall–Kier alpha value is -4.06. The molecule has 6 nitrogen and oxygen atoms in total.